The van der Waals surface area contributed by atoms with Gasteiger partial charge < -0.3 is 10.6 Å². The van der Waals surface area contributed by atoms with Crippen LogP contribution in [0.2, 0.25) is 10.0 Å². The number of unbranched alkanes of at least 4 members (excludes halogenated alkanes) is 2. The summed E-state index contributed by atoms with van der Waals surface area (Å²) < 4.78 is 0. The molecule has 0 saturated carbocycles. The number of halogens is 2. The third-order valence-corrected chi connectivity index (χ3v) is 3.25. The minimum absolute atomic E-state index is 0.0636. The Bertz CT molecular complexity index is 410. The van der Waals surface area contributed by atoms with Gasteiger partial charge in [-0.25, -0.2) is 0 Å². The van der Waals surface area contributed by atoms with Gasteiger partial charge in [-0.2, -0.15) is 0 Å². The summed E-state index contributed by atoms with van der Waals surface area (Å²) >= 11 is 11.8. The molecule has 0 atom stereocenters. The van der Waals surface area contributed by atoms with E-state index in [1.807, 2.05) is 6.07 Å². The van der Waals surface area contributed by atoms with Crippen molar-refractivity contribution >= 4 is 34.8 Å². The van der Waals surface area contributed by atoms with E-state index in [2.05, 4.69) is 17.6 Å². The van der Waals surface area contributed by atoms with Crippen LogP contribution in [0, 0.1) is 0 Å². The SMILES string of the molecule is CCCCCNC(=O)CCNc1ccc(Cl)cc1Cl. The number of carbonyl (C=O) groups is 1. The molecule has 0 aromatic heterocycles. The first-order valence-corrected chi connectivity index (χ1v) is 7.34. The maximum absolute atomic E-state index is 11.5. The van der Waals surface area contributed by atoms with Gasteiger partial charge in [-0.05, 0) is 24.6 Å². The van der Waals surface area contributed by atoms with Gasteiger partial charge in [-0.3, -0.25) is 4.79 Å². The van der Waals surface area contributed by atoms with Gasteiger partial charge in [0.25, 0.3) is 0 Å². The lowest BCUT2D eigenvalue weighted by Crippen LogP contribution is -2.26. The molecule has 0 aliphatic rings. The summed E-state index contributed by atoms with van der Waals surface area (Å²) in [6.07, 6.45) is 3.79. The van der Waals surface area contributed by atoms with Gasteiger partial charge in [0.05, 0.1) is 10.7 Å². The topological polar surface area (TPSA) is 41.1 Å². The van der Waals surface area contributed by atoms with Crippen LogP contribution in [0.1, 0.15) is 32.6 Å². The Morgan fingerprint density at radius 2 is 2.00 bits per heavy atom. The van der Waals surface area contributed by atoms with Crippen LogP contribution in [0.3, 0.4) is 0 Å². The van der Waals surface area contributed by atoms with E-state index >= 15 is 0 Å². The molecule has 3 nitrogen and oxygen atoms in total. The molecule has 1 rings (SSSR count). The maximum atomic E-state index is 11.5. The van der Waals surface area contributed by atoms with E-state index in [4.69, 9.17) is 23.2 Å². The monoisotopic (exact) mass is 302 g/mol. The molecule has 1 aromatic rings. The van der Waals surface area contributed by atoms with Crippen molar-refractivity contribution in [2.45, 2.75) is 32.6 Å². The highest BCUT2D eigenvalue weighted by Crippen LogP contribution is 2.25. The molecule has 1 amide bonds. The lowest BCUT2D eigenvalue weighted by atomic mass is 10.2. The zero-order chi connectivity index (χ0) is 14.1. The van der Waals surface area contributed by atoms with Crippen molar-refractivity contribution in [3.8, 4) is 0 Å². The van der Waals surface area contributed by atoms with E-state index in [9.17, 15) is 4.79 Å². The second-order valence-electron chi connectivity index (χ2n) is 4.36. The standard InChI is InChI=1S/C14H20Cl2N2O/c1-2-3-4-8-18-14(19)7-9-17-13-6-5-11(15)10-12(13)16/h5-6,10,17H,2-4,7-9H2,1H3,(H,18,19). The van der Waals surface area contributed by atoms with Crippen molar-refractivity contribution in [1.29, 1.82) is 0 Å². The summed E-state index contributed by atoms with van der Waals surface area (Å²) in [7, 11) is 0. The molecule has 0 unspecified atom stereocenters. The Morgan fingerprint density at radius 3 is 2.68 bits per heavy atom. The molecule has 19 heavy (non-hydrogen) atoms. The van der Waals surface area contributed by atoms with E-state index in [-0.39, 0.29) is 5.91 Å². The van der Waals surface area contributed by atoms with E-state index in [1.54, 1.807) is 12.1 Å². The first-order chi connectivity index (χ1) is 9.13. The maximum Gasteiger partial charge on any atom is 0.221 e. The molecule has 0 aliphatic heterocycles. The van der Waals surface area contributed by atoms with Crippen molar-refractivity contribution in [2.24, 2.45) is 0 Å². The van der Waals surface area contributed by atoms with Crippen LogP contribution in [0.4, 0.5) is 5.69 Å². The fourth-order valence-corrected chi connectivity index (χ4v) is 2.11. The lowest BCUT2D eigenvalue weighted by Gasteiger charge is -2.09. The summed E-state index contributed by atoms with van der Waals surface area (Å²) in [4.78, 5) is 11.5. The molecular weight excluding hydrogens is 283 g/mol. The van der Waals surface area contributed by atoms with E-state index < -0.39 is 0 Å². The summed E-state index contributed by atoms with van der Waals surface area (Å²) in [6, 6.07) is 5.25. The summed E-state index contributed by atoms with van der Waals surface area (Å²) in [5.74, 6) is 0.0636. The summed E-state index contributed by atoms with van der Waals surface area (Å²) in [5, 5.41) is 7.18. The largest absolute Gasteiger partial charge is 0.383 e. The van der Waals surface area contributed by atoms with Gasteiger partial charge in [-0.15, -0.1) is 0 Å². The second-order valence-corrected chi connectivity index (χ2v) is 5.20. The zero-order valence-corrected chi connectivity index (χ0v) is 12.7. The van der Waals surface area contributed by atoms with Crippen molar-refractivity contribution in [3.05, 3.63) is 28.2 Å². The van der Waals surface area contributed by atoms with Gasteiger partial charge in [0, 0.05) is 24.5 Å². The van der Waals surface area contributed by atoms with Gasteiger partial charge in [0.2, 0.25) is 5.91 Å². The second kappa shape index (κ2) is 9.05. The molecule has 106 valence electrons. The molecule has 0 fully saturated rings. The number of anilines is 1. The number of benzene rings is 1. The van der Waals surface area contributed by atoms with Crippen molar-refractivity contribution in [3.63, 3.8) is 0 Å². The van der Waals surface area contributed by atoms with Gasteiger partial charge in [-0.1, -0.05) is 43.0 Å². The molecule has 0 radical (unpaired) electrons. The predicted octanol–water partition coefficient (Wildman–Crippen LogP) is 4.10. The van der Waals surface area contributed by atoms with Crippen LogP contribution in [0.25, 0.3) is 0 Å². The Hall–Kier alpha value is -0.930. The number of nitrogens with one attached hydrogen (secondary N) is 2. The van der Waals surface area contributed by atoms with Crippen molar-refractivity contribution < 1.29 is 4.79 Å². The molecule has 2 N–H and O–H groups in total. The number of hydrogen-bond donors (Lipinski definition) is 2. The minimum Gasteiger partial charge on any atom is -0.383 e. The molecule has 0 heterocycles. The first kappa shape index (κ1) is 16.1. The molecule has 1 aromatic carbocycles. The average Bonchev–Trinajstić information content (AvgIpc) is 2.37. The molecule has 5 heteroatoms. The summed E-state index contributed by atoms with van der Waals surface area (Å²) in [5.41, 5.74) is 0.796. The fraction of sp³-hybridized carbons (Fsp3) is 0.500. The quantitative estimate of drug-likeness (QED) is 0.710. The van der Waals surface area contributed by atoms with E-state index in [0.717, 1.165) is 31.5 Å². The Kier molecular flexibility index (Phi) is 7.68. The fourth-order valence-electron chi connectivity index (χ4n) is 1.63. The van der Waals surface area contributed by atoms with Crippen LogP contribution in [-0.2, 0) is 4.79 Å². The highest BCUT2D eigenvalue weighted by atomic mass is 35.5. The number of amides is 1. The van der Waals surface area contributed by atoms with Gasteiger partial charge >= 0.3 is 0 Å². The zero-order valence-electron chi connectivity index (χ0n) is 11.1. The smallest absolute Gasteiger partial charge is 0.221 e. The average molecular weight is 303 g/mol. The lowest BCUT2D eigenvalue weighted by molar-refractivity contribution is -0.120. The van der Waals surface area contributed by atoms with E-state index in [0.29, 0.717) is 23.0 Å². The van der Waals surface area contributed by atoms with Crippen LogP contribution in [0.15, 0.2) is 18.2 Å². The first-order valence-electron chi connectivity index (χ1n) is 6.59. The minimum atomic E-state index is 0.0636. The third kappa shape index (κ3) is 6.69. The predicted molar refractivity (Wildman–Crippen MR) is 82.1 cm³/mol. The van der Waals surface area contributed by atoms with Crippen LogP contribution in [-0.4, -0.2) is 19.0 Å². The molecular formula is C14H20Cl2N2O. The van der Waals surface area contributed by atoms with Crippen molar-refractivity contribution in [1.82, 2.24) is 5.32 Å². The van der Waals surface area contributed by atoms with Crippen LogP contribution >= 0.6 is 23.2 Å². The highest BCUT2D eigenvalue weighted by Gasteiger charge is 2.03. The summed E-state index contributed by atoms with van der Waals surface area (Å²) in [6.45, 7) is 3.46. The number of hydrogen-bond acceptors (Lipinski definition) is 2. The van der Waals surface area contributed by atoms with Crippen molar-refractivity contribution in [2.75, 3.05) is 18.4 Å². The molecule has 0 bridgehead atoms. The van der Waals surface area contributed by atoms with Crippen LogP contribution in [0.5, 0.6) is 0 Å². The van der Waals surface area contributed by atoms with E-state index in [1.165, 1.54) is 0 Å². The molecule has 0 saturated heterocycles. The Morgan fingerprint density at radius 1 is 1.21 bits per heavy atom. The number of carbonyl (C=O) groups excluding carboxylic acids is 1. The molecule has 0 spiro atoms. The van der Waals surface area contributed by atoms with Crippen LogP contribution < -0.4 is 10.6 Å². The Balaban J connectivity index is 2.20. The number of rotatable bonds is 8. The highest BCUT2D eigenvalue weighted by molar-refractivity contribution is 6.36. The van der Waals surface area contributed by atoms with Gasteiger partial charge in [0.1, 0.15) is 0 Å². The normalized spacial score (nSPS) is 10.3. The molecule has 0 aliphatic carbocycles. The Labute approximate surface area is 124 Å². The van der Waals surface area contributed by atoms with Gasteiger partial charge in [0.15, 0.2) is 0 Å². The third-order valence-electron chi connectivity index (χ3n) is 2.70.